The van der Waals surface area contributed by atoms with Crippen LogP contribution in [0, 0.1) is 5.41 Å². The smallest absolute Gasteiger partial charge is 0.179 e. The second-order valence-corrected chi connectivity index (χ2v) is 5.40. The summed E-state index contributed by atoms with van der Waals surface area (Å²) in [5.41, 5.74) is 5.97. The highest BCUT2D eigenvalue weighted by Crippen LogP contribution is 2.50. The Balaban J connectivity index is 1.96. The van der Waals surface area contributed by atoms with Crippen LogP contribution < -0.4 is 15.2 Å². The Morgan fingerprint density at radius 1 is 1.33 bits per heavy atom. The zero-order valence-electron chi connectivity index (χ0n) is 9.87. The summed E-state index contributed by atoms with van der Waals surface area (Å²) in [6.45, 7) is 1.21. The van der Waals surface area contributed by atoms with Gasteiger partial charge in [-0.2, -0.15) is 0 Å². The second-order valence-electron chi connectivity index (χ2n) is 4.99. The van der Waals surface area contributed by atoms with Gasteiger partial charge in [-0.05, 0) is 25.0 Å². The molecule has 0 atom stereocenters. The van der Waals surface area contributed by atoms with Crippen molar-refractivity contribution in [3.63, 3.8) is 0 Å². The molecule has 0 saturated heterocycles. The van der Waals surface area contributed by atoms with Crippen molar-refractivity contribution in [3.05, 3.63) is 22.7 Å². The average molecular weight is 268 g/mol. The molecule has 1 aromatic carbocycles. The van der Waals surface area contributed by atoms with E-state index in [4.69, 9.17) is 26.8 Å². The normalized spacial score (nSPS) is 19.4. The number of hydrogen-bond acceptors (Lipinski definition) is 4. The van der Waals surface area contributed by atoms with E-state index in [-0.39, 0.29) is 17.7 Å². The maximum Gasteiger partial charge on any atom is 0.179 e. The molecule has 1 spiro atoms. The van der Waals surface area contributed by atoms with E-state index in [9.17, 15) is 4.79 Å². The van der Waals surface area contributed by atoms with E-state index >= 15 is 0 Å². The molecule has 1 aromatic rings. The summed E-state index contributed by atoms with van der Waals surface area (Å²) in [5.74, 6) is 0.922. The highest BCUT2D eigenvalue weighted by molar-refractivity contribution is 6.32. The number of nitrogens with two attached hydrogens (primary N) is 1. The van der Waals surface area contributed by atoms with Gasteiger partial charge in [-0.15, -0.1) is 0 Å². The highest BCUT2D eigenvalue weighted by Gasteiger charge is 2.46. The first-order valence-electron chi connectivity index (χ1n) is 5.96. The molecule has 1 heterocycles. The van der Waals surface area contributed by atoms with E-state index in [1.165, 1.54) is 0 Å². The van der Waals surface area contributed by atoms with Crippen molar-refractivity contribution >= 4 is 17.4 Å². The molecule has 3 rings (SSSR count). The second kappa shape index (κ2) is 4.14. The van der Waals surface area contributed by atoms with Crippen molar-refractivity contribution in [1.29, 1.82) is 0 Å². The molecule has 96 valence electrons. The number of fused-ring (bicyclic) bond motifs is 1. The van der Waals surface area contributed by atoms with Gasteiger partial charge >= 0.3 is 0 Å². The van der Waals surface area contributed by atoms with Crippen molar-refractivity contribution in [2.75, 3.05) is 19.8 Å². The molecule has 2 N–H and O–H groups in total. The quantitative estimate of drug-likeness (QED) is 0.833. The van der Waals surface area contributed by atoms with Crippen LogP contribution in [0.25, 0.3) is 0 Å². The molecular weight excluding hydrogens is 254 g/mol. The van der Waals surface area contributed by atoms with Crippen LogP contribution in [-0.2, 0) is 0 Å². The zero-order valence-corrected chi connectivity index (χ0v) is 10.6. The predicted molar refractivity (Wildman–Crippen MR) is 67.5 cm³/mol. The molecule has 0 aromatic heterocycles. The Morgan fingerprint density at radius 2 is 2.06 bits per heavy atom. The lowest BCUT2D eigenvalue weighted by Crippen LogP contribution is -2.17. The van der Waals surface area contributed by atoms with Gasteiger partial charge in [0.05, 0.1) is 24.8 Å². The van der Waals surface area contributed by atoms with E-state index in [1.54, 1.807) is 12.1 Å². The van der Waals surface area contributed by atoms with Crippen LogP contribution in [0.5, 0.6) is 11.5 Å². The van der Waals surface area contributed by atoms with Crippen LogP contribution in [0.1, 0.15) is 23.2 Å². The van der Waals surface area contributed by atoms with Crippen LogP contribution in [-0.4, -0.2) is 25.5 Å². The molecule has 0 amide bonds. The molecule has 1 saturated carbocycles. The van der Waals surface area contributed by atoms with Gasteiger partial charge < -0.3 is 15.2 Å². The molecule has 0 radical (unpaired) electrons. The van der Waals surface area contributed by atoms with Gasteiger partial charge in [-0.1, -0.05) is 11.6 Å². The van der Waals surface area contributed by atoms with Crippen LogP contribution >= 0.6 is 11.6 Å². The summed E-state index contributed by atoms with van der Waals surface area (Å²) in [7, 11) is 0. The molecule has 1 fully saturated rings. The Labute approximate surface area is 110 Å². The fourth-order valence-corrected chi connectivity index (χ4v) is 2.32. The monoisotopic (exact) mass is 267 g/mol. The predicted octanol–water partition coefficient (Wildman–Crippen LogP) is 2.03. The van der Waals surface area contributed by atoms with Crippen LogP contribution in [0.2, 0.25) is 5.02 Å². The number of carbonyl (C=O) groups is 1. The molecule has 0 bridgehead atoms. The maximum absolute atomic E-state index is 11.6. The Bertz CT molecular complexity index is 511. The van der Waals surface area contributed by atoms with Crippen LogP contribution in [0.4, 0.5) is 0 Å². The summed E-state index contributed by atoms with van der Waals surface area (Å²) in [5, 5.41) is 0.405. The molecule has 0 unspecified atom stereocenters. The first-order valence-corrected chi connectivity index (χ1v) is 6.34. The number of hydrogen-bond donors (Lipinski definition) is 1. The lowest BCUT2D eigenvalue weighted by Gasteiger charge is -2.10. The minimum Gasteiger partial charge on any atom is -0.489 e. The lowest BCUT2D eigenvalue weighted by atomic mass is 10.1. The Morgan fingerprint density at radius 3 is 2.72 bits per heavy atom. The minimum atomic E-state index is -0.159. The van der Waals surface area contributed by atoms with Gasteiger partial charge in [0.15, 0.2) is 17.3 Å². The number of carbonyl (C=O) groups excluding carboxylic acids is 1. The van der Waals surface area contributed by atoms with Crippen LogP contribution in [0.3, 0.4) is 0 Å². The molecule has 5 heteroatoms. The first kappa shape index (κ1) is 11.8. The number of ketones is 1. The molecular formula is C13H14ClNO3. The van der Waals surface area contributed by atoms with E-state index < -0.39 is 0 Å². The van der Waals surface area contributed by atoms with E-state index in [1.807, 2.05) is 0 Å². The van der Waals surface area contributed by atoms with Crippen molar-refractivity contribution in [2.24, 2.45) is 11.1 Å². The Hall–Kier alpha value is -1.26. The standard InChI is InChI=1S/C13H14ClNO3/c14-9-3-8(10(16)5-15)4-11-12(9)18-7-13(1-2-13)6-17-11/h3-4H,1-2,5-7,15H2. The molecule has 2 aliphatic rings. The largest absolute Gasteiger partial charge is 0.489 e. The van der Waals surface area contributed by atoms with Crippen LogP contribution in [0.15, 0.2) is 12.1 Å². The first-order chi connectivity index (χ1) is 8.63. The topological polar surface area (TPSA) is 61.6 Å². The average Bonchev–Trinajstić information content (AvgIpc) is 3.16. The molecule has 1 aliphatic carbocycles. The maximum atomic E-state index is 11.6. The SMILES string of the molecule is NCC(=O)c1cc(Cl)c2c(c1)OCC1(CC1)CO2. The third-order valence-corrected chi connectivity index (χ3v) is 3.81. The zero-order chi connectivity index (χ0) is 12.8. The van der Waals surface area contributed by atoms with E-state index in [0.29, 0.717) is 35.3 Å². The number of halogens is 1. The van der Waals surface area contributed by atoms with Gasteiger partial charge in [-0.3, -0.25) is 4.79 Å². The fourth-order valence-electron chi connectivity index (χ4n) is 2.06. The number of benzene rings is 1. The van der Waals surface area contributed by atoms with E-state index in [2.05, 4.69) is 0 Å². The van der Waals surface area contributed by atoms with Gasteiger partial charge in [0, 0.05) is 11.0 Å². The van der Waals surface area contributed by atoms with Gasteiger partial charge in [0.25, 0.3) is 0 Å². The number of Topliss-reactive ketones (excluding diaryl/α,β-unsaturated/α-hetero) is 1. The van der Waals surface area contributed by atoms with Gasteiger partial charge in [-0.25, -0.2) is 0 Å². The van der Waals surface area contributed by atoms with Gasteiger partial charge in [0.1, 0.15) is 0 Å². The number of rotatable bonds is 2. The summed E-state index contributed by atoms with van der Waals surface area (Å²) in [6.07, 6.45) is 2.24. The Kier molecular flexibility index (Phi) is 2.72. The van der Waals surface area contributed by atoms with Crippen molar-refractivity contribution in [2.45, 2.75) is 12.8 Å². The molecule has 4 nitrogen and oxygen atoms in total. The lowest BCUT2D eigenvalue weighted by molar-refractivity contribution is 0.100. The summed E-state index contributed by atoms with van der Waals surface area (Å²) >= 11 is 6.14. The van der Waals surface area contributed by atoms with Gasteiger partial charge in [0.2, 0.25) is 0 Å². The summed E-state index contributed by atoms with van der Waals surface area (Å²) < 4.78 is 11.5. The van der Waals surface area contributed by atoms with Crippen molar-refractivity contribution in [1.82, 2.24) is 0 Å². The van der Waals surface area contributed by atoms with E-state index in [0.717, 1.165) is 12.8 Å². The number of ether oxygens (including phenoxy) is 2. The highest BCUT2D eigenvalue weighted by atomic mass is 35.5. The minimum absolute atomic E-state index is 0.0418. The third kappa shape index (κ3) is 1.95. The summed E-state index contributed by atoms with van der Waals surface area (Å²) in [6, 6.07) is 3.25. The fraction of sp³-hybridized carbons (Fsp3) is 0.462. The van der Waals surface area contributed by atoms with Crippen molar-refractivity contribution < 1.29 is 14.3 Å². The van der Waals surface area contributed by atoms with Crippen molar-refractivity contribution in [3.8, 4) is 11.5 Å². The third-order valence-electron chi connectivity index (χ3n) is 3.53. The summed E-state index contributed by atoms with van der Waals surface area (Å²) in [4.78, 5) is 11.6. The molecule has 18 heavy (non-hydrogen) atoms. The molecule has 1 aliphatic heterocycles.